The van der Waals surface area contributed by atoms with Gasteiger partial charge in [-0.25, -0.2) is 4.79 Å². The Hall–Kier alpha value is -1.60. The summed E-state index contributed by atoms with van der Waals surface area (Å²) in [5.74, 6) is 0. The fourth-order valence-corrected chi connectivity index (χ4v) is 2.40. The van der Waals surface area contributed by atoms with E-state index in [9.17, 15) is 4.79 Å². The van der Waals surface area contributed by atoms with E-state index in [0.29, 0.717) is 19.1 Å². The Kier molecular flexibility index (Phi) is 6.01. The predicted octanol–water partition coefficient (Wildman–Crippen LogP) is 0.292. The lowest BCUT2D eigenvalue weighted by Gasteiger charge is -2.32. The highest BCUT2D eigenvalue weighted by molar-refractivity contribution is 5.74. The number of urea groups is 1. The summed E-state index contributed by atoms with van der Waals surface area (Å²) in [5.41, 5.74) is 0. The number of hydrogen-bond acceptors (Lipinski definition) is 4. The predicted molar refractivity (Wildman–Crippen MR) is 80.1 cm³/mol. The molecular weight excluding hydrogens is 270 g/mol. The number of carbonyl (C=O) groups excluding carboxylic acids is 1. The topological polar surface area (TPSA) is 71.4 Å². The number of hydrogen-bond donors (Lipinski definition) is 2. The number of nitrogens with zero attached hydrogens (tertiary/aromatic N) is 3. The van der Waals surface area contributed by atoms with Crippen LogP contribution in [-0.4, -0.2) is 65.6 Å². The molecule has 0 aliphatic carbocycles. The zero-order chi connectivity index (χ0) is 15.1. The van der Waals surface area contributed by atoms with E-state index >= 15 is 0 Å². The zero-order valence-electron chi connectivity index (χ0n) is 12.8. The molecule has 1 aromatic rings. The number of morpholine rings is 1. The van der Waals surface area contributed by atoms with Gasteiger partial charge in [-0.1, -0.05) is 0 Å². The Labute approximate surface area is 125 Å². The number of rotatable bonds is 6. The van der Waals surface area contributed by atoms with Gasteiger partial charge in [0.1, 0.15) is 0 Å². The Balaban J connectivity index is 1.64. The molecule has 118 valence electrons. The van der Waals surface area contributed by atoms with Gasteiger partial charge in [0.05, 0.1) is 19.8 Å². The number of amides is 2. The smallest absolute Gasteiger partial charge is 0.315 e. The summed E-state index contributed by atoms with van der Waals surface area (Å²) >= 11 is 0. The molecule has 0 spiro atoms. The molecule has 1 saturated heterocycles. The Morgan fingerprint density at radius 2 is 2.14 bits per heavy atom. The molecular formula is C14H25N5O2. The summed E-state index contributed by atoms with van der Waals surface area (Å²) in [4.78, 5) is 14.2. The summed E-state index contributed by atoms with van der Waals surface area (Å²) in [7, 11) is 0. The second kappa shape index (κ2) is 7.99. The van der Waals surface area contributed by atoms with Crippen molar-refractivity contribution >= 4 is 6.03 Å². The van der Waals surface area contributed by atoms with Crippen molar-refractivity contribution in [2.24, 2.45) is 0 Å². The van der Waals surface area contributed by atoms with Gasteiger partial charge in [0, 0.05) is 44.1 Å². The van der Waals surface area contributed by atoms with E-state index in [0.717, 1.165) is 26.3 Å². The Bertz CT molecular complexity index is 417. The number of carbonyl (C=O) groups is 1. The molecule has 2 atom stereocenters. The summed E-state index contributed by atoms with van der Waals surface area (Å²) in [6, 6.07) is 2.09. The fourth-order valence-electron chi connectivity index (χ4n) is 2.40. The summed E-state index contributed by atoms with van der Waals surface area (Å²) in [6.45, 7) is 8.81. The lowest BCUT2D eigenvalue weighted by atomic mass is 10.2. The average Bonchev–Trinajstić information content (AvgIpc) is 2.98. The number of nitrogens with one attached hydrogen (secondary N) is 2. The van der Waals surface area contributed by atoms with Gasteiger partial charge in [0.15, 0.2) is 0 Å². The highest BCUT2D eigenvalue weighted by atomic mass is 16.5. The van der Waals surface area contributed by atoms with E-state index in [2.05, 4.69) is 27.6 Å². The van der Waals surface area contributed by atoms with Crippen LogP contribution in [-0.2, 0) is 11.3 Å². The van der Waals surface area contributed by atoms with Gasteiger partial charge in [-0.05, 0) is 19.9 Å². The van der Waals surface area contributed by atoms with Crippen LogP contribution in [0.2, 0.25) is 0 Å². The average molecular weight is 295 g/mol. The SMILES string of the molecule is C[C@@H](Cn1cccn1)NC(=O)NC[C@H](C)N1CCOCC1. The monoisotopic (exact) mass is 295 g/mol. The fraction of sp³-hybridized carbons (Fsp3) is 0.714. The molecule has 2 amide bonds. The number of ether oxygens (including phenoxy) is 1. The van der Waals surface area contributed by atoms with Crippen molar-refractivity contribution in [3.8, 4) is 0 Å². The van der Waals surface area contributed by atoms with Crippen molar-refractivity contribution in [3.05, 3.63) is 18.5 Å². The number of aromatic nitrogens is 2. The van der Waals surface area contributed by atoms with Gasteiger partial charge in [-0.15, -0.1) is 0 Å². The van der Waals surface area contributed by atoms with Gasteiger partial charge in [-0.3, -0.25) is 9.58 Å². The lowest BCUT2D eigenvalue weighted by molar-refractivity contribution is 0.0209. The highest BCUT2D eigenvalue weighted by Gasteiger charge is 2.17. The standard InChI is InChI=1S/C14H25N5O2/c1-12(11-19-5-3-4-16-19)17-14(20)15-10-13(2)18-6-8-21-9-7-18/h3-5,12-13H,6-11H2,1-2H3,(H2,15,17,20)/t12-,13-/m0/s1. The van der Waals surface area contributed by atoms with E-state index in [4.69, 9.17) is 4.74 Å². The molecule has 7 heteroatoms. The van der Waals surface area contributed by atoms with Gasteiger partial charge in [0.25, 0.3) is 0 Å². The molecule has 21 heavy (non-hydrogen) atoms. The molecule has 0 radical (unpaired) electrons. The van der Waals surface area contributed by atoms with Crippen molar-refractivity contribution < 1.29 is 9.53 Å². The summed E-state index contributed by atoms with van der Waals surface area (Å²) < 4.78 is 7.14. The van der Waals surface area contributed by atoms with Crippen LogP contribution >= 0.6 is 0 Å². The second-order valence-corrected chi connectivity index (χ2v) is 5.48. The first-order chi connectivity index (χ1) is 10.1. The van der Waals surface area contributed by atoms with E-state index in [1.54, 1.807) is 10.9 Å². The molecule has 1 fully saturated rings. The van der Waals surface area contributed by atoms with Gasteiger partial charge in [-0.2, -0.15) is 5.10 Å². The summed E-state index contributed by atoms with van der Waals surface area (Å²) in [6.07, 6.45) is 3.62. The molecule has 0 bridgehead atoms. The van der Waals surface area contributed by atoms with E-state index in [1.807, 2.05) is 19.2 Å². The molecule has 0 aromatic carbocycles. The minimum absolute atomic E-state index is 0.0311. The first-order valence-corrected chi connectivity index (χ1v) is 7.48. The third-order valence-corrected chi connectivity index (χ3v) is 3.62. The maximum absolute atomic E-state index is 11.9. The van der Waals surface area contributed by atoms with Crippen LogP contribution < -0.4 is 10.6 Å². The van der Waals surface area contributed by atoms with Crippen molar-refractivity contribution in [3.63, 3.8) is 0 Å². The Morgan fingerprint density at radius 3 is 2.81 bits per heavy atom. The normalized spacial score (nSPS) is 19.0. The van der Waals surface area contributed by atoms with Crippen LogP contribution in [0.25, 0.3) is 0 Å². The molecule has 1 aliphatic rings. The molecule has 1 aromatic heterocycles. The first-order valence-electron chi connectivity index (χ1n) is 7.48. The second-order valence-electron chi connectivity index (χ2n) is 5.48. The van der Waals surface area contributed by atoms with Crippen LogP contribution in [0.1, 0.15) is 13.8 Å². The third-order valence-electron chi connectivity index (χ3n) is 3.62. The Morgan fingerprint density at radius 1 is 1.38 bits per heavy atom. The largest absolute Gasteiger partial charge is 0.379 e. The van der Waals surface area contributed by atoms with Crippen molar-refractivity contribution in [2.45, 2.75) is 32.5 Å². The highest BCUT2D eigenvalue weighted by Crippen LogP contribution is 2.02. The van der Waals surface area contributed by atoms with E-state index in [-0.39, 0.29) is 12.1 Å². The van der Waals surface area contributed by atoms with E-state index in [1.165, 1.54) is 0 Å². The van der Waals surface area contributed by atoms with Crippen molar-refractivity contribution in [1.29, 1.82) is 0 Å². The molecule has 7 nitrogen and oxygen atoms in total. The lowest BCUT2D eigenvalue weighted by Crippen LogP contribution is -2.50. The van der Waals surface area contributed by atoms with Crippen LogP contribution in [0.15, 0.2) is 18.5 Å². The first kappa shape index (κ1) is 15.8. The molecule has 2 rings (SSSR count). The summed E-state index contributed by atoms with van der Waals surface area (Å²) in [5, 5.41) is 9.98. The van der Waals surface area contributed by atoms with Crippen molar-refractivity contribution in [2.75, 3.05) is 32.8 Å². The quantitative estimate of drug-likeness (QED) is 0.791. The molecule has 2 heterocycles. The minimum atomic E-state index is -0.130. The molecule has 0 saturated carbocycles. The molecule has 0 unspecified atom stereocenters. The maximum Gasteiger partial charge on any atom is 0.315 e. The zero-order valence-corrected chi connectivity index (χ0v) is 12.8. The van der Waals surface area contributed by atoms with Gasteiger partial charge in [0.2, 0.25) is 0 Å². The van der Waals surface area contributed by atoms with Crippen LogP contribution in [0.3, 0.4) is 0 Å². The van der Waals surface area contributed by atoms with E-state index < -0.39 is 0 Å². The van der Waals surface area contributed by atoms with Crippen LogP contribution in [0, 0.1) is 0 Å². The molecule has 1 aliphatic heterocycles. The third kappa shape index (κ3) is 5.35. The molecule has 2 N–H and O–H groups in total. The van der Waals surface area contributed by atoms with Crippen LogP contribution in [0.4, 0.5) is 4.79 Å². The minimum Gasteiger partial charge on any atom is -0.379 e. The van der Waals surface area contributed by atoms with Gasteiger partial charge >= 0.3 is 6.03 Å². The van der Waals surface area contributed by atoms with Crippen LogP contribution in [0.5, 0.6) is 0 Å². The maximum atomic E-state index is 11.9. The van der Waals surface area contributed by atoms with Gasteiger partial charge < -0.3 is 15.4 Å². The van der Waals surface area contributed by atoms with Crippen molar-refractivity contribution in [1.82, 2.24) is 25.3 Å².